The van der Waals surface area contributed by atoms with Gasteiger partial charge in [-0.15, -0.1) is 0 Å². The highest BCUT2D eigenvalue weighted by Gasteiger charge is 2.36. The molecule has 3 aromatic rings. The van der Waals surface area contributed by atoms with E-state index < -0.39 is 5.97 Å². The third kappa shape index (κ3) is 5.89. The first-order valence-corrected chi connectivity index (χ1v) is 12.3. The van der Waals surface area contributed by atoms with Gasteiger partial charge in [0.15, 0.2) is 11.5 Å². The predicted molar refractivity (Wildman–Crippen MR) is 145 cm³/mol. The maximum atomic E-state index is 13.5. The van der Waals surface area contributed by atoms with E-state index in [9.17, 15) is 9.59 Å². The molecule has 0 radical (unpaired) electrons. The van der Waals surface area contributed by atoms with Crippen molar-refractivity contribution in [3.8, 4) is 17.2 Å². The van der Waals surface area contributed by atoms with Gasteiger partial charge in [0.2, 0.25) is 0 Å². The number of allylic oxidation sites excluding steroid dienone is 1. The Bertz CT molecular complexity index is 1360. The van der Waals surface area contributed by atoms with Crippen molar-refractivity contribution in [1.82, 2.24) is 4.90 Å². The van der Waals surface area contributed by atoms with Gasteiger partial charge in [-0.05, 0) is 60.4 Å². The molecule has 1 aliphatic rings. The minimum atomic E-state index is -0.552. The Hall–Kier alpha value is -4.52. The first-order chi connectivity index (χ1) is 18.4. The predicted octanol–water partition coefficient (Wildman–Crippen LogP) is 5.20. The molecule has 0 saturated carbocycles. The summed E-state index contributed by atoms with van der Waals surface area (Å²) in [5, 5.41) is 0. The van der Waals surface area contributed by atoms with Crippen LogP contribution in [0.1, 0.15) is 23.6 Å². The number of ether oxygens (including phenoxy) is 4. The largest absolute Gasteiger partial charge is 0.497 e. The quantitative estimate of drug-likeness (QED) is 0.274. The van der Waals surface area contributed by atoms with Gasteiger partial charge in [-0.1, -0.05) is 48.5 Å². The normalized spacial score (nSPS) is 14.2. The lowest BCUT2D eigenvalue weighted by Crippen LogP contribution is -2.27. The Morgan fingerprint density at radius 2 is 1.61 bits per heavy atom. The van der Waals surface area contributed by atoms with Crippen LogP contribution < -0.4 is 14.2 Å². The van der Waals surface area contributed by atoms with E-state index in [-0.39, 0.29) is 17.1 Å². The number of methoxy groups -OCH3 is 3. The van der Waals surface area contributed by atoms with Crippen LogP contribution in [-0.2, 0) is 27.4 Å². The third-order valence-corrected chi connectivity index (χ3v) is 6.42. The maximum absolute atomic E-state index is 13.5. The molecule has 1 amide bonds. The zero-order chi connectivity index (χ0) is 27.1. The monoisotopic (exact) mass is 513 g/mol. The third-order valence-electron chi connectivity index (χ3n) is 6.42. The fourth-order valence-electron chi connectivity index (χ4n) is 4.33. The number of nitrogens with zero attached hydrogens (tertiary/aromatic N) is 1. The van der Waals surface area contributed by atoms with Gasteiger partial charge in [0.1, 0.15) is 12.4 Å². The Labute approximate surface area is 222 Å². The standard InChI is InChI=1S/C31H31NO6/c1-21-29(31(34)37-4)26(30(33)32(21)17-16-22-10-13-25(35-2)14-11-22)18-24-12-15-27(28(19-24)36-3)38-20-23-8-6-5-7-9-23/h5-15,18-19H,16-17,20H2,1-4H3/b26-18-. The van der Waals surface area contributed by atoms with Gasteiger partial charge in [0.05, 0.1) is 32.5 Å². The summed E-state index contributed by atoms with van der Waals surface area (Å²) in [5.41, 5.74) is 3.90. The molecule has 7 nitrogen and oxygen atoms in total. The van der Waals surface area contributed by atoms with E-state index in [2.05, 4.69) is 0 Å². The molecule has 4 rings (SSSR count). The minimum absolute atomic E-state index is 0.250. The number of benzene rings is 3. The van der Waals surface area contributed by atoms with Crippen molar-refractivity contribution in [3.05, 3.63) is 106 Å². The molecular weight excluding hydrogens is 482 g/mol. The zero-order valence-corrected chi connectivity index (χ0v) is 22.0. The number of hydrogen-bond donors (Lipinski definition) is 0. The van der Waals surface area contributed by atoms with E-state index in [1.165, 1.54) is 7.11 Å². The van der Waals surface area contributed by atoms with E-state index in [1.54, 1.807) is 44.3 Å². The molecule has 38 heavy (non-hydrogen) atoms. The summed E-state index contributed by atoms with van der Waals surface area (Å²) in [5.74, 6) is 1.07. The van der Waals surface area contributed by atoms with E-state index in [4.69, 9.17) is 18.9 Å². The summed E-state index contributed by atoms with van der Waals surface area (Å²) < 4.78 is 21.7. The van der Waals surface area contributed by atoms with Crippen LogP contribution in [-0.4, -0.2) is 44.7 Å². The molecule has 1 heterocycles. The summed E-state index contributed by atoms with van der Waals surface area (Å²) in [7, 11) is 4.50. The Morgan fingerprint density at radius 3 is 2.26 bits per heavy atom. The lowest BCUT2D eigenvalue weighted by Gasteiger charge is -2.18. The van der Waals surface area contributed by atoms with Crippen molar-refractivity contribution in [2.45, 2.75) is 20.0 Å². The fourth-order valence-corrected chi connectivity index (χ4v) is 4.33. The minimum Gasteiger partial charge on any atom is -0.497 e. The zero-order valence-electron chi connectivity index (χ0n) is 22.0. The summed E-state index contributed by atoms with van der Waals surface area (Å²) in [4.78, 5) is 27.8. The summed E-state index contributed by atoms with van der Waals surface area (Å²) in [6.45, 7) is 2.58. The number of esters is 1. The molecule has 0 bridgehead atoms. The van der Waals surface area contributed by atoms with Crippen molar-refractivity contribution >= 4 is 18.0 Å². The van der Waals surface area contributed by atoms with Gasteiger partial charge < -0.3 is 23.8 Å². The lowest BCUT2D eigenvalue weighted by atomic mass is 10.0. The number of carbonyl (C=O) groups is 2. The van der Waals surface area contributed by atoms with Gasteiger partial charge >= 0.3 is 5.97 Å². The smallest absolute Gasteiger partial charge is 0.340 e. The summed E-state index contributed by atoms with van der Waals surface area (Å²) in [6.07, 6.45) is 2.31. The molecule has 1 aliphatic heterocycles. The number of amides is 1. The Kier molecular flexibility index (Phi) is 8.48. The molecule has 0 fully saturated rings. The molecule has 7 heteroatoms. The highest BCUT2D eigenvalue weighted by molar-refractivity contribution is 6.16. The lowest BCUT2D eigenvalue weighted by molar-refractivity contribution is -0.136. The van der Waals surface area contributed by atoms with Crippen LogP contribution in [0.15, 0.2) is 89.6 Å². The average molecular weight is 514 g/mol. The molecule has 0 spiro atoms. The highest BCUT2D eigenvalue weighted by atomic mass is 16.5. The Balaban J connectivity index is 1.57. The molecule has 0 aromatic heterocycles. The van der Waals surface area contributed by atoms with Crippen LogP contribution in [0.4, 0.5) is 0 Å². The van der Waals surface area contributed by atoms with E-state index in [0.29, 0.717) is 42.3 Å². The van der Waals surface area contributed by atoms with E-state index >= 15 is 0 Å². The molecule has 0 aliphatic carbocycles. The molecule has 0 saturated heterocycles. The fraction of sp³-hybridized carbons (Fsp3) is 0.226. The number of rotatable bonds is 10. The van der Waals surface area contributed by atoms with Crippen LogP contribution >= 0.6 is 0 Å². The second kappa shape index (κ2) is 12.1. The van der Waals surface area contributed by atoms with Crippen LogP contribution in [0.3, 0.4) is 0 Å². The van der Waals surface area contributed by atoms with E-state index in [0.717, 1.165) is 16.9 Å². The highest BCUT2D eigenvalue weighted by Crippen LogP contribution is 2.34. The van der Waals surface area contributed by atoms with Crippen molar-refractivity contribution in [2.75, 3.05) is 27.9 Å². The van der Waals surface area contributed by atoms with Crippen molar-refractivity contribution in [1.29, 1.82) is 0 Å². The molecule has 3 aromatic carbocycles. The molecule has 196 valence electrons. The van der Waals surface area contributed by atoms with Crippen LogP contribution in [0.25, 0.3) is 6.08 Å². The van der Waals surface area contributed by atoms with Gasteiger partial charge in [-0.2, -0.15) is 0 Å². The molecule has 0 unspecified atom stereocenters. The van der Waals surface area contributed by atoms with Gasteiger partial charge in [0, 0.05) is 12.2 Å². The summed E-state index contributed by atoms with van der Waals surface area (Å²) in [6, 6.07) is 22.9. The van der Waals surface area contributed by atoms with Crippen LogP contribution in [0.2, 0.25) is 0 Å². The Morgan fingerprint density at radius 1 is 0.868 bits per heavy atom. The van der Waals surface area contributed by atoms with Crippen molar-refractivity contribution < 1.29 is 28.5 Å². The molecule has 0 N–H and O–H groups in total. The second-order valence-corrected chi connectivity index (χ2v) is 8.75. The molecular formula is C31H31NO6. The topological polar surface area (TPSA) is 74.3 Å². The van der Waals surface area contributed by atoms with Crippen LogP contribution in [0, 0.1) is 0 Å². The van der Waals surface area contributed by atoms with Crippen molar-refractivity contribution in [3.63, 3.8) is 0 Å². The second-order valence-electron chi connectivity index (χ2n) is 8.75. The first-order valence-electron chi connectivity index (χ1n) is 12.3. The molecule has 0 atom stereocenters. The van der Waals surface area contributed by atoms with Gasteiger partial charge in [0.25, 0.3) is 5.91 Å². The first kappa shape index (κ1) is 26.5. The SMILES string of the molecule is COC(=O)C1=C(C)N(CCc2ccc(OC)cc2)C(=O)/C1=C\c1ccc(OCc2ccccc2)c(OC)c1. The van der Waals surface area contributed by atoms with E-state index in [1.807, 2.05) is 60.7 Å². The number of carbonyl (C=O) groups excluding carboxylic acids is 2. The van der Waals surface area contributed by atoms with Crippen molar-refractivity contribution in [2.24, 2.45) is 0 Å². The van der Waals surface area contributed by atoms with Gasteiger partial charge in [-0.25, -0.2) is 4.79 Å². The van der Waals surface area contributed by atoms with Gasteiger partial charge in [-0.3, -0.25) is 4.79 Å². The van der Waals surface area contributed by atoms with Crippen LogP contribution in [0.5, 0.6) is 17.2 Å². The average Bonchev–Trinajstić information content (AvgIpc) is 3.19. The summed E-state index contributed by atoms with van der Waals surface area (Å²) >= 11 is 0. The number of hydrogen-bond acceptors (Lipinski definition) is 6. The maximum Gasteiger partial charge on any atom is 0.340 e.